The first kappa shape index (κ1) is 21.9. The Labute approximate surface area is 177 Å². The molecule has 7 nitrogen and oxygen atoms in total. The largest absolute Gasteiger partial charge is 0.480 e. The molecule has 1 N–H and O–H groups in total. The van der Waals surface area contributed by atoms with Gasteiger partial charge in [-0.15, -0.1) is 0 Å². The first-order chi connectivity index (χ1) is 14.1. The van der Waals surface area contributed by atoms with Crippen molar-refractivity contribution < 1.29 is 18.3 Å². The smallest absolute Gasteiger partial charge is 0.323 e. The number of carboxylic acid groups (broad SMARTS) is 1. The maximum Gasteiger partial charge on any atom is 0.323 e. The minimum Gasteiger partial charge on any atom is -0.480 e. The molecule has 0 radical (unpaired) electrons. The highest BCUT2D eigenvalue weighted by Crippen LogP contribution is 2.27. The van der Waals surface area contributed by atoms with Crippen molar-refractivity contribution in [1.82, 2.24) is 8.87 Å². The van der Waals surface area contributed by atoms with Gasteiger partial charge in [0.2, 0.25) is 10.0 Å². The number of carbonyl (C=O) groups is 1. The van der Waals surface area contributed by atoms with Crippen LogP contribution in [0.25, 0.3) is 10.9 Å². The fourth-order valence-corrected chi connectivity index (χ4v) is 4.81. The predicted octanol–water partition coefficient (Wildman–Crippen LogP) is 2.96. The maximum absolute atomic E-state index is 13.0. The Morgan fingerprint density at radius 3 is 2.27 bits per heavy atom. The molecule has 2 aromatic carbocycles. The lowest BCUT2D eigenvalue weighted by atomic mass is 10.1. The monoisotopic (exact) mass is 429 g/mol. The van der Waals surface area contributed by atoms with Crippen molar-refractivity contribution in [3.63, 3.8) is 0 Å². The molecule has 0 spiro atoms. The summed E-state index contributed by atoms with van der Waals surface area (Å²) in [4.78, 5) is 13.4. The van der Waals surface area contributed by atoms with Crippen molar-refractivity contribution in [3.05, 3.63) is 59.8 Å². The molecule has 0 amide bonds. The van der Waals surface area contributed by atoms with Crippen molar-refractivity contribution in [2.24, 2.45) is 0 Å². The van der Waals surface area contributed by atoms with E-state index < -0.39 is 16.0 Å². The molecular weight excluding hydrogens is 402 g/mol. The number of rotatable bonds is 8. The highest BCUT2D eigenvalue weighted by molar-refractivity contribution is 7.89. The molecule has 0 saturated carbocycles. The van der Waals surface area contributed by atoms with Crippen LogP contribution in [-0.2, 0) is 27.8 Å². The molecule has 0 aliphatic rings. The number of sulfonamides is 1. The Morgan fingerprint density at radius 1 is 1.03 bits per heavy atom. The Hall–Kier alpha value is -2.84. The van der Waals surface area contributed by atoms with Gasteiger partial charge in [-0.1, -0.05) is 18.2 Å². The van der Waals surface area contributed by atoms with Gasteiger partial charge in [0.25, 0.3) is 0 Å². The summed E-state index contributed by atoms with van der Waals surface area (Å²) in [5.41, 5.74) is 3.59. The summed E-state index contributed by atoms with van der Waals surface area (Å²) < 4.78 is 29.0. The number of nitrogens with zero attached hydrogens (tertiary/aromatic N) is 3. The van der Waals surface area contributed by atoms with E-state index in [-0.39, 0.29) is 11.4 Å². The lowest BCUT2D eigenvalue weighted by Gasteiger charge is -2.18. The SMILES string of the molecule is Cc1c(CCN(C)S(=O)(=O)c2ccc(N(C)C)cc2)c2ccccc2n1CC(=O)O. The molecule has 0 saturated heterocycles. The number of carboxylic acids is 1. The molecule has 3 rings (SSSR count). The van der Waals surface area contributed by atoms with Gasteiger partial charge in [0.1, 0.15) is 6.54 Å². The standard InChI is InChI=1S/C22H27N3O4S/c1-16-19(20-7-5-6-8-21(20)25(16)15-22(26)27)13-14-24(4)30(28,29)18-11-9-17(10-12-18)23(2)3/h5-12H,13-15H2,1-4H3,(H,26,27). The van der Waals surface area contributed by atoms with Crippen molar-refractivity contribution in [2.75, 3.05) is 32.6 Å². The number of aromatic nitrogens is 1. The fraction of sp³-hybridized carbons (Fsp3) is 0.318. The van der Waals surface area contributed by atoms with E-state index in [1.54, 1.807) is 35.9 Å². The molecule has 3 aromatic rings. The van der Waals surface area contributed by atoms with Gasteiger partial charge in [0, 0.05) is 50.0 Å². The minimum atomic E-state index is -3.62. The number of hydrogen-bond donors (Lipinski definition) is 1. The first-order valence-corrected chi connectivity index (χ1v) is 11.1. The van der Waals surface area contributed by atoms with Gasteiger partial charge >= 0.3 is 5.97 Å². The highest BCUT2D eigenvalue weighted by atomic mass is 32.2. The quantitative estimate of drug-likeness (QED) is 0.595. The molecule has 30 heavy (non-hydrogen) atoms. The van der Waals surface area contributed by atoms with Crippen LogP contribution in [0.2, 0.25) is 0 Å². The number of hydrogen-bond acceptors (Lipinski definition) is 4. The van der Waals surface area contributed by atoms with Gasteiger partial charge in [-0.25, -0.2) is 12.7 Å². The third kappa shape index (κ3) is 4.20. The zero-order chi connectivity index (χ0) is 22.1. The second-order valence-electron chi connectivity index (χ2n) is 7.53. The Bertz CT molecular complexity index is 1170. The van der Waals surface area contributed by atoms with Gasteiger partial charge in [0.05, 0.1) is 4.90 Å². The van der Waals surface area contributed by atoms with Crippen LogP contribution in [-0.4, -0.2) is 56.1 Å². The molecule has 0 unspecified atom stereocenters. The van der Waals surface area contributed by atoms with Gasteiger partial charge in [-0.3, -0.25) is 4.79 Å². The zero-order valence-corrected chi connectivity index (χ0v) is 18.5. The molecule has 1 heterocycles. The van der Waals surface area contributed by atoms with Gasteiger partial charge in [-0.2, -0.15) is 0 Å². The number of likely N-dealkylation sites (N-methyl/N-ethyl adjacent to an activating group) is 1. The molecule has 1 aromatic heterocycles. The second kappa shape index (κ2) is 8.49. The molecule has 160 valence electrons. The van der Waals surface area contributed by atoms with E-state index in [9.17, 15) is 18.3 Å². The van der Waals surface area contributed by atoms with Crippen molar-refractivity contribution in [3.8, 4) is 0 Å². The molecular formula is C22H27N3O4S. The Balaban J connectivity index is 1.85. The number of fused-ring (bicyclic) bond motifs is 1. The van der Waals surface area contributed by atoms with Crippen LogP contribution in [0.3, 0.4) is 0 Å². The average molecular weight is 430 g/mol. The van der Waals surface area contributed by atoms with Crippen LogP contribution in [0.1, 0.15) is 11.3 Å². The summed E-state index contributed by atoms with van der Waals surface area (Å²) in [6.07, 6.45) is 0.491. The zero-order valence-electron chi connectivity index (χ0n) is 17.7. The van der Waals surface area contributed by atoms with Crippen molar-refractivity contribution >= 4 is 32.6 Å². The Kier molecular flexibility index (Phi) is 6.19. The van der Waals surface area contributed by atoms with E-state index in [0.717, 1.165) is 27.8 Å². The predicted molar refractivity (Wildman–Crippen MR) is 119 cm³/mol. The molecule has 8 heteroatoms. The maximum atomic E-state index is 13.0. The molecule has 0 atom stereocenters. The third-order valence-corrected chi connectivity index (χ3v) is 7.26. The molecule has 0 bridgehead atoms. The number of aliphatic carboxylic acids is 1. The van der Waals surface area contributed by atoms with E-state index in [1.807, 2.05) is 50.2 Å². The summed E-state index contributed by atoms with van der Waals surface area (Å²) in [5.74, 6) is -0.911. The van der Waals surface area contributed by atoms with Crippen LogP contribution in [0.5, 0.6) is 0 Å². The van der Waals surface area contributed by atoms with Gasteiger partial charge in [0.15, 0.2) is 0 Å². The van der Waals surface area contributed by atoms with E-state index in [1.165, 1.54) is 4.31 Å². The van der Waals surface area contributed by atoms with E-state index in [0.29, 0.717) is 13.0 Å². The number of anilines is 1. The van der Waals surface area contributed by atoms with Crippen molar-refractivity contribution in [2.45, 2.75) is 24.8 Å². The topological polar surface area (TPSA) is 82.9 Å². The fourth-order valence-electron chi connectivity index (χ4n) is 3.64. The average Bonchev–Trinajstić information content (AvgIpc) is 2.97. The van der Waals surface area contributed by atoms with E-state index >= 15 is 0 Å². The summed E-state index contributed by atoms with van der Waals surface area (Å²) >= 11 is 0. The third-order valence-electron chi connectivity index (χ3n) is 5.39. The van der Waals surface area contributed by atoms with E-state index in [4.69, 9.17) is 0 Å². The van der Waals surface area contributed by atoms with Crippen LogP contribution in [0, 0.1) is 6.92 Å². The summed E-state index contributed by atoms with van der Waals surface area (Å²) in [7, 11) is 1.76. The summed E-state index contributed by atoms with van der Waals surface area (Å²) in [6, 6.07) is 14.4. The number of benzene rings is 2. The first-order valence-electron chi connectivity index (χ1n) is 9.65. The van der Waals surface area contributed by atoms with Crippen molar-refractivity contribution in [1.29, 1.82) is 0 Å². The molecule has 0 aliphatic heterocycles. The normalized spacial score (nSPS) is 11.9. The van der Waals surface area contributed by atoms with Crippen LogP contribution < -0.4 is 4.90 Å². The van der Waals surface area contributed by atoms with Crippen LogP contribution in [0.15, 0.2) is 53.4 Å². The molecule has 0 fully saturated rings. The van der Waals surface area contributed by atoms with E-state index in [2.05, 4.69) is 0 Å². The van der Waals surface area contributed by atoms with Crippen LogP contribution in [0.4, 0.5) is 5.69 Å². The van der Waals surface area contributed by atoms with Gasteiger partial charge in [-0.05, 0) is 49.2 Å². The van der Waals surface area contributed by atoms with Crippen LogP contribution >= 0.6 is 0 Å². The minimum absolute atomic E-state index is 0.126. The lowest BCUT2D eigenvalue weighted by molar-refractivity contribution is -0.137. The summed E-state index contributed by atoms with van der Waals surface area (Å²) in [6.45, 7) is 2.05. The Morgan fingerprint density at radius 2 is 1.67 bits per heavy atom. The summed E-state index contributed by atoms with van der Waals surface area (Å²) in [5, 5.41) is 10.2. The molecule has 0 aliphatic carbocycles. The van der Waals surface area contributed by atoms with Gasteiger partial charge < -0.3 is 14.6 Å². The second-order valence-corrected chi connectivity index (χ2v) is 9.57. The number of para-hydroxylation sites is 1. The lowest BCUT2D eigenvalue weighted by Crippen LogP contribution is -2.29. The highest BCUT2D eigenvalue weighted by Gasteiger charge is 2.22.